The standard InChI is InChI=1S/C22H22N2O4/c1-27-19-8-7-17-12-16(4-6-18(17)13-19)5-9-21(26)28-14-20(25)24-22(15-23)10-2-3-11-22/h4-9,12-13H,2-3,10-11,14H2,1H3,(H,24,25)/b9-5+. The number of nitrogens with one attached hydrogen (secondary N) is 1. The largest absolute Gasteiger partial charge is 0.497 e. The van der Waals surface area contributed by atoms with E-state index in [9.17, 15) is 14.9 Å². The first-order chi connectivity index (χ1) is 13.5. The number of ether oxygens (including phenoxy) is 2. The van der Waals surface area contributed by atoms with Crippen molar-refractivity contribution in [1.29, 1.82) is 5.26 Å². The third-order valence-electron chi connectivity index (χ3n) is 4.88. The van der Waals surface area contributed by atoms with Crippen molar-refractivity contribution in [3.8, 4) is 11.8 Å². The second-order valence-electron chi connectivity index (χ2n) is 6.86. The highest BCUT2D eigenvalue weighted by atomic mass is 16.5. The third-order valence-corrected chi connectivity index (χ3v) is 4.88. The van der Waals surface area contributed by atoms with Crippen LogP contribution in [0.15, 0.2) is 42.5 Å². The van der Waals surface area contributed by atoms with Gasteiger partial charge in [-0.15, -0.1) is 0 Å². The molecule has 2 aromatic carbocycles. The van der Waals surface area contributed by atoms with Gasteiger partial charge in [0.1, 0.15) is 11.3 Å². The molecule has 0 spiro atoms. The first-order valence-electron chi connectivity index (χ1n) is 9.18. The molecule has 0 bridgehead atoms. The number of amides is 1. The topological polar surface area (TPSA) is 88.4 Å². The van der Waals surface area contributed by atoms with E-state index in [1.165, 1.54) is 6.08 Å². The van der Waals surface area contributed by atoms with Gasteiger partial charge in [-0.25, -0.2) is 4.79 Å². The van der Waals surface area contributed by atoms with E-state index in [-0.39, 0.29) is 0 Å². The number of carbonyl (C=O) groups excluding carboxylic acids is 2. The van der Waals surface area contributed by atoms with Crippen molar-refractivity contribution < 1.29 is 19.1 Å². The second-order valence-corrected chi connectivity index (χ2v) is 6.86. The van der Waals surface area contributed by atoms with E-state index in [0.29, 0.717) is 12.8 Å². The molecule has 6 heteroatoms. The molecule has 1 aliphatic rings. The molecule has 6 nitrogen and oxygen atoms in total. The number of fused-ring (bicyclic) bond motifs is 1. The summed E-state index contributed by atoms with van der Waals surface area (Å²) in [4.78, 5) is 23.9. The van der Waals surface area contributed by atoms with Crippen molar-refractivity contribution in [2.24, 2.45) is 0 Å². The Labute approximate surface area is 163 Å². The first-order valence-corrected chi connectivity index (χ1v) is 9.18. The Balaban J connectivity index is 1.54. The van der Waals surface area contributed by atoms with Crippen molar-refractivity contribution >= 4 is 28.7 Å². The Kier molecular flexibility index (Phi) is 5.95. The average molecular weight is 378 g/mol. The average Bonchev–Trinajstić information content (AvgIpc) is 3.19. The van der Waals surface area contributed by atoms with Gasteiger partial charge in [0.2, 0.25) is 0 Å². The number of benzene rings is 2. The minimum atomic E-state index is -0.812. The molecule has 1 amide bonds. The lowest BCUT2D eigenvalue weighted by Gasteiger charge is -2.21. The van der Waals surface area contributed by atoms with Crippen LogP contribution < -0.4 is 10.1 Å². The summed E-state index contributed by atoms with van der Waals surface area (Å²) in [6, 6.07) is 13.7. The van der Waals surface area contributed by atoms with E-state index in [1.54, 1.807) is 13.2 Å². The maximum Gasteiger partial charge on any atom is 0.331 e. The molecule has 0 radical (unpaired) electrons. The van der Waals surface area contributed by atoms with Crippen molar-refractivity contribution in [2.45, 2.75) is 31.2 Å². The molecule has 0 saturated heterocycles. The quantitative estimate of drug-likeness (QED) is 0.615. The fourth-order valence-corrected chi connectivity index (χ4v) is 3.37. The summed E-state index contributed by atoms with van der Waals surface area (Å²) in [5.74, 6) is -0.277. The summed E-state index contributed by atoms with van der Waals surface area (Å²) in [5, 5.41) is 14.0. The lowest BCUT2D eigenvalue weighted by Crippen LogP contribution is -2.46. The molecule has 0 aliphatic heterocycles. The van der Waals surface area contributed by atoms with Gasteiger partial charge >= 0.3 is 5.97 Å². The molecule has 28 heavy (non-hydrogen) atoms. The molecular formula is C22H22N2O4. The molecule has 0 heterocycles. The summed E-state index contributed by atoms with van der Waals surface area (Å²) in [5.41, 5.74) is 0.0288. The zero-order valence-corrected chi connectivity index (χ0v) is 15.7. The fraction of sp³-hybridized carbons (Fsp3) is 0.318. The van der Waals surface area contributed by atoms with Gasteiger partial charge in [-0.05, 0) is 66.3 Å². The van der Waals surface area contributed by atoms with Gasteiger partial charge < -0.3 is 14.8 Å². The molecule has 2 aromatic rings. The number of carbonyl (C=O) groups is 2. The van der Waals surface area contributed by atoms with E-state index in [4.69, 9.17) is 9.47 Å². The predicted octanol–water partition coefficient (Wildman–Crippen LogP) is 3.36. The molecule has 1 saturated carbocycles. The van der Waals surface area contributed by atoms with Crippen LogP contribution in [0.2, 0.25) is 0 Å². The number of hydrogen-bond donors (Lipinski definition) is 1. The molecule has 0 atom stereocenters. The number of hydrogen-bond acceptors (Lipinski definition) is 5. The van der Waals surface area contributed by atoms with Crippen LogP contribution in [0, 0.1) is 11.3 Å². The van der Waals surface area contributed by atoms with Gasteiger partial charge in [-0.2, -0.15) is 5.26 Å². The summed E-state index contributed by atoms with van der Waals surface area (Å²) < 4.78 is 10.2. The maximum absolute atomic E-state index is 12.0. The zero-order valence-electron chi connectivity index (χ0n) is 15.7. The summed E-state index contributed by atoms with van der Waals surface area (Å²) in [6.07, 6.45) is 6.02. The van der Waals surface area contributed by atoms with Gasteiger partial charge in [0.05, 0.1) is 13.2 Å². The maximum atomic E-state index is 12.0. The third kappa shape index (κ3) is 4.68. The fourth-order valence-electron chi connectivity index (χ4n) is 3.37. The van der Waals surface area contributed by atoms with Gasteiger partial charge in [0, 0.05) is 6.08 Å². The van der Waals surface area contributed by atoms with Crippen LogP contribution >= 0.6 is 0 Å². The number of methoxy groups -OCH3 is 1. The van der Waals surface area contributed by atoms with Crippen molar-refractivity contribution in [1.82, 2.24) is 5.32 Å². The first kappa shape index (κ1) is 19.4. The lowest BCUT2D eigenvalue weighted by molar-refractivity contribution is -0.144. The minimum absolute atomic E-state index is 0.399. The Morgan fingerprint density at radius 1 is 1.18 bits per heavy atom. The van der Waals surface area contributed by atoms with Crippen molar-refractivity contribution in [3.05, 3.63) is 48.0 Å². The Morgan fingerprint density at radius 2 is 1.89 bits per heavy atom. The molecule has 1 aliphatic carbocycles. The van der Waals surface area contributed by atoms with E-state index < -0.39 is 24.0 Å². The van der Waals surface area contributed by atoms with E-state index in [1.807, 2.05) is 36.4 Å². The highest BCUT2D eigenvalue weighted by molar-refractivity contribution is 5.91. The normalized spacial score (nSPS) is 15.3. The lowest BCUT2D eigenvalue weighted by atomic mass is 10.00. The van der Waals surface area contributed by atoms with Crippen molar-refractivity contribution in [3.63, 3.8) is 0 Å². The predicted molar refractivity (Wildman–Crippen MR) is 105 cm³/mol. The zero-order chi connectivity index (χ0) is 20.0. The number of nitrogens with zero attached hydrogens (tertiary/aromatic N) is 1. The van der Waals surface area contributed by atoms with Gasteiger partial charge in [0.25, 0.3) is 5.91 Å². The van der Waals surface area contributed by atoms with Crippen LogP contribution in [0.4, 0.5) is 0 Å². The van der Waals surface area contributed by atoms with Gasteiger partial charge in [-0.1, -0.05) is 18.2 Å². The van der Waals surface area contributed by atoms with Crippen LogP contribution in [-0.4, -0.2) is 31.1 Å². The number of rotatable bonds is 6. The minimum Gasteiger partial charge on any atom is -0.497 e. The Morgan fingerprint density at radius 3 is 2.61 bits per heavy atom. The summed E-state index contributed by atoms with van der Waals surface area (Å²) in [7, 11) is 1.62. The molecule has 3 rings (SSSR count). The summed E-state index contributed by atoms with van der Waals surface area (Å²) >= 11 is 0. The molecule has 0 aromatic heterocycles. The van der Waals surface area contributed by atoms with Crippen LogP contribution in [0.5, 0.6) is 5.75 Å². The molecule has 144 valence electrons. The Hall–Kier alpha value is -3.33. The second kappa shape index (κ2) is 8.57. The number of esters is 1. The number of nitriles is 1. The molecule has 1 fully saturated rings. The molecule has 0 unspecified atom stereocenters. The van der Waals surface area contributed by atoms with E-state index >= 15 is 0 Å². The highest BCUT2D eigenvalue weighted by Gasteiger charge is 2.35. The van der Waals surface area contributed by atoms with Gasteiger partial charge in [-0.3, -0.25) is 4.79 Å². The van der Waals surface area contributed by atoms with Gasteiger partial charge in [0.15, 0.2) is 6.61 Å². The molecular weight excluding hydrogens is 356 g/mol. The van der Waals surface area contributed by atoms with Crippen LogP contribution in [0.1, 0.15) is 31.2 Å². The monoisotopic (exact) mass is 378 g/mol. The van der Waals surface area contributed by atoms with Crippen molar-refractivity contribution in [2.75, 3.05) is 13.7 Å². The van der Waals surface area contributed by atoms with Crippen LogP contribution in [-0.2, 0) is 14.3 Å². The van der Waals surface area contributed by atoms with E-state index in [0.717, 1.165) is 34.9 Å². The summed E-state index contributed by atoms with van der Waals surface area (Å²) in [6.45, 7) is -0.399. The smallest absolute Gasteiger partial charge is 0.331 e. The van der Waals surface area contributed by atoms with Crippen LogP contribution in [0.3, 0.4) is 0 Å². The Bertz CT molecular complexity index is 953. The SMILES string of the molecule is COc1ccc2cc(/C=C/C(=O)OCC(=O)NC3(C#N)CCCC3)ccc2c1. The van der Waals surface area contributed by atoms with Crippen LogP contribution in [0.25, 0.3) is 16.8 Å². The highest BCUT2D eigenvalue weighted by Crippen LogP contribution is 2.28. The van der Waals surface area contributed by atoms with E-state index in [2.05, 4.69) is 11.4 Å². The molecule has 1 N–H and O–H groups in total.